The first kappa shape index (κ1) is 8.13. The van der Waals surface area contributed by atoms with Gasteiger partial charge in [-0.25, -0.2) is 5.84 Å². The Balaban J connectivity index is 3.46. The van der Waals surface area contributed by atoms with Crippen molar-refractivity contribution in [1.82, 2.24) is 9.35 Å². The van der Waals surface area contributed by atoms with E-state index in [1.165, 1.54) is 5.01 Å². The van der Waals surface area contributed by atoms with Crippen molar-refractivity contribution >= 4 is 33.5 Å². The van der Waals surface area contributed by atoms with Crippen LogP contribution in [0.1, 0.15) is 6.92 Å². The molecular weight excluding hydrogens is 190 g/mol. The van der Waals surface area contributed by atoms with Crippen molar-refractivity contribution < 1.29 is 0 Å². The van der Waals surface area contributed by atoms with Crippen LogP contribution < -0.4 is 10.2 Å². The molecule has 0 atom stereocenters. The first-order chi connectivity index (χ1) is 3.72. The molecule has 0 amide bonds. The van der Waals surface area contributed by atoms with E-state index in [2.05, 4.69) is 20.5 Å². The third-order valence-electron chi connectivity index (χ3n) is 0.682. The number of rotatable bonds is 1. The minimum absolute atomic E-state index is 0.493. The van der Waals surface area contributed by atoms with Crippen LogP contribution in [0.2, 0.25) is 0 Å². The Kier molecular flexibility index (Phi) is 4.12. The van der Waals surface area contributed by atoms with Crippen molar-refractivity contribution in [3.8, 4) is 0 Å². The van der Waals surface area contributed by atoms with Gasteiger partial charge in [0.05, 0.1) is 0 Å². The van der Waals surface area contributed by atoms with E-state index in [0.717, 1.165) is 0 Å². The summed E-state index contributed by atoms with van der Waals surface area (Å²) in [7, 11) is 0. The Labute approximate surface area is 62.5 Å². The molecule has 0 aliphatic carbocycles. The fraction of sp³-hybridized carbons (Fsp3) is 0.667. The van der Waals surface area contributed by atoms with Crippen LogP contribution in [0.15, 0.2) is 0 Å². The zero-order chi connectivity index (χ0) is 6.57. The average Bonchev–Trinajstić information content (AvgIpc) is 1.84. The summed E-state index contributed by atoms with van der Waals surface area (Å²) in [5.41, 5.74) is 0. The SMILES string of the molecule is CCN(N)C(=S)NBr. The van der Waals surface area contributed by atoms with Crippen molar-refractivity contribution in [3.05, 3.63) is 0 Å². The maximum absolute atomic E-state index is 5.33. The lowest BCUT2D eigenvalue weighted by atomic mass is 10.7. The fourth-order valence-electron chi connectivity index (χ4n) is 0.198. The molecule has 0 radical (unpaired) electrons. The third kappa shape index (κ3) is 2.44. The van der Waals surface area contributed by atoms with E-state index in [9.17, 15) is 0 Å². The third-order valence-corrected chi connectivity index (χ3v) is 1.66. The Morgan fingerprint density at radius 3 is 2.62 bits per heavy atom. The quantitative estimate of drug-likeness (QED) is 0.276. The van der Waals surface area contributed by atoms with Gasteiger partial charge in [-0.3, -0.25) is 9.35 Å². The Hall–Kier alpha value is 0.130. The van der Waals surface area contributed by atoms with Crippen LogP contribution in [0.3, 0.4) is 0 Å². The minimum atomic E-state index is 0.493. The molecule has 48 valence electrons. The van der Waals surface area contributed by atoms with Crippen molar-refractivity contribution in [2.75, 3.05) is 6.54 Å². The molecule has 3 nitrogen and oxygen atoms in total. The van der Waals surface area contributed by atoms with Gasteiger partial charge < -0.3 is 0 Å². The average molecular weight is 198 g/mol. The van der Waals surface area contributed by atoms with E-state index < -0.39 is 0 Å². The molecule has 0 saturated heterocycles. The molecule has 0 aromatic heterocycles. The Morgan fingerprint density at radius 2 is 2.50 bits per heavy atom. The summed E-state index contributed by atoms with van der Waals surface area (Å²) in [6.45, 7) is 2.62. The van der Waals surface area contributed by atoms with Crippen LogP contribution in [0, 0.1) is 0 Å². The number of hydrazine groups is 1. The first-order valence-electron chi connectivity index (χ1n) is 2.15. The van der Waals surface area contributed by atoms with Gasteiger partial charge in [-0.2, -0.15) is 0 Å². The molecule has 0 aliphatic heterocycles. The highest BCUT2D eigenvalue weighted by Gasteiger charge is 1.96. The number of halogens is 1. The van der Waals surface area contributed by atoms with Crippen molar-refractivity contribution in [2.45, 2.75) is 6.92 Å². The predicted octanol–water partition coefficient (Wildman–Crippen LogP) is 0.366. The Morgan fingerprint density at radius 1 is 2.00 bits per heavy atom. The lowest BCUT2D eigenvalue weighted by Crippen LogP contribution is -2.40. The molecule has 0 rings (SSSR count). The highest BCUT2D eigenvalue weighted by atomic mass is 79.9. The van der Waals surface area contributed by atoms with E-state index in [1.54, 1.807) is 0 Å². The largest absolute Gasteiger partial charge is 0.298 e. The topological polar surface area (TPSA) is 41.3 Å². The lowest BCUT2D eigenvalue weighted by molar-refractivity contribution is 0.466. The molecule has 0 aliphatic rings. The van der Waals surface area contributed by atoms with Crippen LogP contribution >= 0.6 is 28.4 Å². The van der Waals surface area contributed by atoms with E-state index in [4.69, 9.17) is 18.1 Å². The molecule has 0 saturated carbocycles. The molecule has 8 heavy (non-hydrogen) atoms. The normalized spacial score (nSPS) is 8.38. The van der Waals surface area contributed by atoms with Crippen LogP contribution in [0.25, 0.3) is 0 Å². The fourth-order valence-corrected chi connectivity index (χ4v) is 0.555. The van der Waals surface area contributed by atoms with Gasteiger partial charge in [-0.05, 0) is 19.1 Å². The van der Waals surface area contributed by atoms with Gasteiger partial charge in [0.15, 0.2) is 5.11 Å². The summed E-state index contributed by atoms with van der Waals surface area (Å²) < 4.78 is 2.56. The number of thiocarbonyl (C=S) groups is 1. The first-order valence-corrected chi connectivity index (χ1v) is 3.35. The van der Waals surface area contributed by atoms with Gasteiger partial charge in [0.1, 0.15) is 0 Å². The minimum Gasteiger partial charge on any atom is -0.298 e. The van der Waals surface area contributed by atoms with Crippen molar-refractivity contribution in [3.63, 3.8) is 0 Å². The van der Waals surface area contributed by atoms with Crippen LogP contribution in [-0.2, 0) is 0 Å². The van der Waals surface area contributed by atoms with E-state index >= 15 is 0 Å². The summed E-state index contributed by atoms with van der Waals surface area (Å²) in [5.74, 6) is 5.33. The van der Waals surface area contributed by atoms with Gasteiger partial charge in [0.25, 0.3) is 0 Å². The summed E-state index contributed by atoms with van der Waals surface area (Å²) in [5, 5.41) is 1.91. The number of nitrogens with two attached hydrogens (primary N) is 1. The summed E-state index contributed by atoms with van der Waals surface area (Å²) in [6, 6.07) is 0. The number of hydrogen-bond donors (Lipinski definition) is 2. The molecular formula is C3H8BrN3S. The molecule has 0 aromatic rings. The second-order valence-electron chi connectivity index (χ2n) is 1.19. The highest BCUT2D eigenvalue weighted by Crippen LogP contribution is 1.80. The van der Waals surface area contributed by atoms with Crippen LogP contribution in [0.5, 0.6) is 0 Å². The van der Waals surface area contributed by atoms with E-state index in [0.29, 0.717) is 11.7 Å². The molecule has 0 aromatic carbocycles. The number of nitrogens with zero attached hydrogens (tertiary/aromatic N) is 1. The second-order valence-corrected chi connectivity index (χ2v) is 1.97. The molecule has 0 bridgehead atoms. The molecule has 0 heterocycles. The van der Waals surface area contributed by atoms with Gasteiger partial charge in [0.2, 0.25) is 0 Å². The summed E-state index contributed by atoms with van der Waals surface area (Å²) in [6.07, 6.45) is 0. The zero-order valence-electron chi connectivity index (χ0n) is 4.52. The molecule has 3 N–H and O–H groups in total. The smallest absolute Gasteiger partial charge is 0.193 e. The van der Waals surface area contributed by atoms with Crippen molar-refractivity contribution in [2.24, 2.45) is 5.84 Å². The van der Waals surface area contributed by atoms with Crippen molar-refractivity contribution in [1.29, 1.82) is 0 Å². The van der Waals surface area contributed by atoms with Gasteiger partial charge in [-0.1, -0.05) is 0 Å². The van der Waals surface area contributed by atoms with Crippen LogP contribution in [0.4, 0.5) is 0 Å². The maximum Gasteiger partial charge on any atom is 0.193 e. The zero-order valence-corrected chi connectivity index (χ0v) is 6.92. The van der Waals surface area contributed by atoms with E-state index in [1.807, 2.05) is 6.92 Å². The number of hydrogen-bond acceptors (Lipinski definition) is 2. The van der Waals surface area contributed by atoms with Crippen LogP contribution in [-0.4, -0.2) is 16.7 Å². The summed E-state index contributed by atoms with van der Waals surface area (Å²) >= 11 is 7.66. The van der Waals surface area contributed by atoms with E-state index in [-0.39, 0.29) is 0 Å². The molecule has 0 unspecified atom stereocenters. The molecule has 5 heteroatoms. The highest BCUT2D eigenvalue weighted by molar-refractivity contribution is 9.08. The number of nitrogens with one attached hydrogen (secondary N) is 1. The maximum atomic E-state index is 5.33. The molecule has 0 spiro atoms. The monoisotopic (exact) mass is 197 g/mol. The summed E-state index contributed by atoms with van der Waals surface area (Å²) in [4.78, 5) is 0. The standard InChI is InChI=1S/C3H8BrN3S/c1-2-7(5)3(8)6-4/h2,5H2,1H3,(H,6,8). The molecule has 0 fully saturated rings. The van der Waals surface area contributed by atoms with Gasteiger partial charge >= 0.3 is 0 Å². The Bertz CT molecular complexity index is 86.6. The predicted molar refractivity (Wildman–Crippen MR) is 41.2 cm³/mol. The van der Waals surface area contributed by atoms with Gasteiger partial charge in [-0.15, -0.1) is 0 Å². The lowest BCUT2D eigenvalue weighted by Gasteiger charge is -2.14. The second kappa shape index (κ2) is 4.05. The van der Waals surface area contributed by atoms with Gasteiger partial charge in [0, 0.05) is 22.7 Å².